The van der Waals surface area contributed by atoms with Gasteiger partial charge in [0.15, 0.2) is 5.82 Å². The summed E-state index contributed by atoms with van der Waals surface area (Å²) in [6, 6.07) is 6.02. The van der Waals surface area contributed by atoms with Gasteiger partial charge in [-0.2, -0.15) is 0 Å². The second-order valence-corrected chi connectivity index (χ2v) is 4.42. The fourth-order valence-electron chi connectivity index (χ4n) is 1.88. The third kappa shape index (κ3) is 4.13. The Kier molecular flexibility index (Phi) is 5.81. The summed E-state index contributed by atoms with van der Waals surface area (Å²) >= 11 is 0. The first-order chi connectivity index (χ1) is 11.2. The van der Waals surface area contributed by atoms with Crippen LogP contribution in [0.1, 0.15) is 17.3 Å². The molecule has 3 N–H and O–H groups in total. The van der Waals surface area contributed by atoms with Crippen molar-refractivity contribution in [1.82, 2.24) is 9.97 Å². The van der Waals surface area contributed by atoms with Crippen molar-refractivity contribution in [2.24, 2.45) is 0 Å². The van der Waals surface area contributed by atoms with E-state index in [2.05, 4.69) is 20.6 Å². The first-order valence-electron chi connectivity index (χ1n) is 7.05. The van der Waals surface area contributed by atoms with E-state index in [-0.39, 0.29) is 42.6 Å². The first kappa shape index (κ1) is 16.6. The summed E-state index contributed by atoms with van der Waals surface area (Å²) in [4.78, 5) is 20.2. The molecule has 0 saturated heterocycles. The van der Waals surface area contributed by atoms with Crippen molar-refractivity contribution < 1.29 is 19.0 Å². The van der Waals surface area contributed by atoms with Gasteiger partial charge in [0.1, 0.15) is 23.5 Å². The lowest BCUT2D eigenvalue weighted by molar-refractivity contribution is 0.0528. The quantitative estimate of drug-likeness (QED) is 0.671. The molecule has 0 aliphatic carbocycles. The van der Waals surface area contributed by atoms with Gasteiger partial charge in [-0.05, 0) is 19.1 Å². The molecule has 0 spiro atoms. The fraction of sp³-hybridized carbons (Fsp3) is 0.267. The highest BCUT2D eigenvalue weighted by Crippen LogP contribution is 2.25. The highest BCUT2D eigenvalue weighted by Gasteiger charge is 2.21. The molecule has 1 aromatic carbocycles. The van der Waals surface area contributed by atoms with Crippen LogP contribution < -0.4 is 10.6 Å². The normalized spacial score (nSPS) is 10.2. The molecule has 0 fully saturated rings. The van der Waals surface area contributed by atoms with Gasteiger partial charge in [0, 0.05) is 6.54 Å². The number of ether oxygens (including phenoxy) is 1. The van der Waals surface area contributed by atoms with Gasteiger partial charge in [0.05, 0.1) is 18.9 Å². The second kappa shape index (κ2) is 8.04. The number of nitrogens with zero attached hydrogens (tertiary/aromatic N) is 2. The van der Waals surface area contributed by atoms with Crippen LogP contribution in [0.2, 0.25) is 0 Å². The minimum atomic E-state index is -0.646. The Morgan fingerprint density at radius 3 is 2.74 bits per heavy atom. The zero-order valence-corrected chi connectivity index (χ0v) is 12.5. The number of para-hydroxylation sites is 1. The number of benzene rings is 1. The van der Waals surface area contributed by atoms with Gasteiger partial charge >= 0.3 is 5.97 Å². The van der Waals surface area contributed by atoms with E-state index in [9.17, 15) is 9.18 Å². The van der Waals surface area contributed by atoms with Gasteiger partial charge in [-0.25, -0.2) is 19.2 Å². The van der Waals surface area contributed by atoms with Crippen LogP contribution in [0.4, 0.5) is 21.7 Å². The van der Waals surface area contributed by atoms with E-state index in [0.29, 0.717) is 0 Å². The lowest BCUT2D eigenvalue weighted by Gasteiger charge is -2.14. The molecule has 23 heavy (non-hydrogen) atoms. The van der Waals surface area contributed by atoms with E-state index in [1.165, 1.54) is 18.5 Å². The summed E-state index contributed by atoms with van der Waals surface area (Å²) in [5.41, 5.74) is 0.218. The van der Waals surface area contributed by atoms with Crippen LogP contribution in [0, 0.1) is 5.82 Å². The zero-order chi connectivity index (χ0) is 16.7. The molecule has 0 bridgehead atoms. The molecule has 0 saturated carbocycles. The number of nitrogens with one attached hydrogen (secondary N) is 2. The molecule has 0 amide bonds. The summed E-state index contributed by atoms with van der Waals surface area (Å²) in [5.74, 6) is -0.812. The van der Waals surface area contributed by atoms with Gasteiger partial charge in [-0.1, -0.05) is 12.1 Å². The molecule has 2 aromatic rings. The molecule has 0 atom stereocenters. The number of esters is 1. The van der Waals surface area contributed by atoms with Crippen LogP contribution in [0.3, 0.4) is 0 Å². The molecule has 122 valence electrons. The molecule has 0 aliphatic heterocycles. The monoisotopic (exact) mass is 320 g/mol. The minimum absolute atomic E-state index is 0.0473. The van der Waals surface area contributed by atoms with Crippen molar-refractivity contribution in [1.29, 1.82) is 0 Å². The van der Waals surface area contributed by atoms with E-state index in [0.717, 1.165) is 0 Å². The summed E-state index contributed by atoms with van der Waals surface area (Å²) in [6.07, 6.45) is 1.23. The van der Waals surface area contributed by atoms with Gasteiger partial charge in [-0.15, -0.1) is 0 Å². The third-order valence-electron chi connectivity index (χ3n) is 2.86. The molecule has 8 heteroatoms. The number of hydrogen-bond donors (Lipinski definition) is 3. The average molecular weight is 320 g/mol. The number of aliphatic hydroxyl groups excluding tert-OH is 1. The second-order valence-electron chi connectivity index (χ2n) is 4.42. The van der Waals surface area contributed by atoms with Crippen molar-refractivity contribution in [3.8, 4) is 0 Å². The van der Waals surface area contributed by atoms with E-state index in [1.54, 1.807) is 19.1 Å². The maximum absolute atomic E-state index is 13.8. The van der Waals surface area contributed by atoms with Crippen LogP contribution in [0.25, 0.3) is 0 Å². The van der Waals surface area contributed by atoms with Gasteiger partial charge in [0.25, 0.3) is 0 Å². The van der Waals surface area contributed by atoms with Crippen molar-refractivity contribution in [3.63, 3.8) is 0 Å². The lowest BCUT2D eigenvalue weighted by atomic mass is 10.2. The molecule has 7 nitrogen and oxygen atoms in total. The molecule has 1 aromatic heterocycles. The van der Waals surface area contributed by atoms with E-state index >= 15 is 0 Å². The largest absolute Gasteiger partial charge is 0.462 e. The van der Waals surface area contributed by atoms with Crippen LogP contribution >= 0.6 is 0 Å². The SMILES string of the molecule is CCOC(=O)c1c(NCCO)ncnc1Nc1ccccc1F. The molecule has 1 heterocycles. The zero-order valence-electron chi connectivity index (χ0n) is 12.5. The highest BCUT2D eigenvalue weighted by atomic mass is 19.1. The number of anilines is 3. The lowest BCUT2D eigenvalue weighted by Crippen LogP contribution is -2.16. The maximum atomic E-state index is 13.8. The van der Waals surface area contributed by atoms with Crippen molar-refractivity contribution in [2.45, 2.75) is 6.92 Å². The fourth-order valence-corrected chi connectivity index (χ4v) is 1.88. The molecule has 0 radical (unpaired) electrons. The number of rotatable bonds is 7. The molecule has 0 aliphatic rings. The number of carbonyl (C=O) groups excluding carboxylic acids is 1. The standard InChI is InChI=1S/C15H17FN4O3/c1-2-23-15(22)12-13(17-7-8-21)18-9-19-14(12)20-11-6-4-3-5-10(11)16/h3-6,9,21H,2,7-8H2,1H3,(H2,17,18,19,20). The Morgan fingerprint density at radius 1 is 1.30 bits per heavy atom. The number of halogens is 1. The summed E-state index contributed by atoms with van der Waals surface area (Å²) in [6.45, 7) is 1.91. The average Bonchev–Trinajstić information content (AvgIpc) is 2.55. The molecular weight excluding hydrogens is 303 g/mol. The van der Waals surface area contributed by atoms with Crippen LogP contribution in [-0.2, 0) is 4.74 Å². The molecule has 2 rings (SSSR count). The Morgan fingerprint density at radius 2 is 2.04 bits per heavy atom. The van der Waals surface area contributed by atoms with Gasteiger partial charge in [0.2, 0.25) is 0 Å². The maximum Gasteiger partial charge on any atom is 0.345 e. The van der Waals surface area contributed by atoms with Gasteiger partial charge in [-0.3, -0.25) is 0 Å². The summed E-state index contributed by atoms with van der Waals surface area (Å²) in [5, 5.41) is 14.5. The highest BCUT2D eigenvalue weighted by molar-refractivity contribution is 6.00. The van der Waals surface area contributed by atoms with Crippen molar-refractivity contribution in [3.05, 3.63) is 42.0 Å². The number of carbonyl (C=O) groups is 1. The van der Waals surface area contributed by atoms with Crippen molar-refractivity contribution >= 4 is 23.3 Å². The summed E-state index contributed by atoms with van der Waals surface area (Å²) < 4.78 is 18.8. The van der Waals surface area contributed by atoms with E-state index in [4.69, 9.17) is 9.84 Å². The van der Waals surface area contributed by atoms with Crippen molar-refractivity contribution in [2.75, 3.05) is 30.4 Å². The number of aromatic nitrogens is 2. The molecular formula is C15H17FN4O3. The predicted octanol–water partition coefficient (Wildman–Crippen LogP) is 1.94. The molecule has 0 unspecified atom stereocenters. The Bertz CT molecular complexity index is 682. The Balaban J connectivity index is 2.41. The number of aliphatic hydroxyl groups is 1. The third-order valence-corrected chi connectivity index (χ3v) is 2.86. The Labute approximate surface area is 132 Å². The minimum Gasteiger partial charge on any atom is -0.462 e. The van der Waals surface area contributed by atoms with Crippen LogP contribution in [0.15, 0.2) is 30.6 Å². The Hall–Kier alpha value is -2.74. The topological polar surface area (TPSA) is 96.4 Å². The van der Waals surface area contributed by atoms with Gasteiger partial charge < -0.3 is 20.5 Å². The van der Waals surface area contributed by atoms with Crippen LogP contribution in [-0.4, -0.2) is 40.8 Å². The van der Waals surface area contributed by atoms with Crippen LogP contribution in [0.5, 0.6) is 0 Å². The first-order valence-corrected chi connectivity index (χ1v) is 7.05. The van der Waals surface area contributed by atoms with E-state index in [1.807, 2.05) is 0 Å². The van der Waals surface area contributed by atoms with E-state index < -0.39 is 11.8 Å². The number of hydrogen-bond acceptors (Lipinski definition) is 7. The smallest absolute Gasteiger partial charge is 0.345 e. The summed E-state index contributed by atoms with van der Waals surface area (Å²) in [7, 11) is 0. The predicted molar refractivity (Wildman–Crippen MR) is 83.2 cm³/mol.